The molecular formula is C17H15FN4O. The summed E-state index contributed by atoms with van der Waals surface area (Å²) < 4.78 is 13.0. The number of fused-ring (bicyclic) bond motifs is 1. The second-order valence-corrected chi connectivity index (χ2v) is 6.14. The van der Waals surface area contributed by atoms with Crippen molar-refractivity contribution in [1.82, 2.24) is 15.1 Å². The summed E-state index contributed by atoms with van der Waals surface area (Å²) in [4.78, 5) is 14.2. The van der Waals surface area contributed by atoms with Gasteiger partial charge in [-0.2, -0.15) is 10.4 Å². The molecule has 0 spiro atoms. The van der Waals surface area contributed by atoms with Crippen LogP contribution in [0, 0.1) is 17.1 Å². The van der Waals surface area contributed by atoms with E-state index in [9.17, 15) is 14.4 Å². The molecule has 6 heteroatoms. The number of halogens is 1. The Bertz CT molecular complexity index is 827. The molecule has 3 rings (SSSR count). The van der Waals surface area contributed by atoms with Gasteiger partial charge in [-0.3, -0.25) is 9.89 Å². The first-order valence-corrected chi connectivity index (χ1v) is 7.15. The maximum Gasteiger partial charge on any atom is 0.257 e. The number of rotatable bonds is 1. The molecule has 1 aromatic carbocycles. The lowest BCUT2D eigenvalue weighted by Gasteiger charge is -2.28. The maximum absolute atomic E-state index is 13.0. The average molecular weight is 310 g/mol. The maximum atomic E-state index is 13.0. The molecule has 0 atom stereocenters. The van der Waals surface area contributed by atoms with E-state index < -0.39 is 11.2 Å². The largest absolute Gasteiger partial charge is 0.313 e. The van der Waals surface area contributed by atoms with Crippen LogP contribution in [-0.2, 0) is 5.41 Å². The Kier molecular flexibility index (Phi) is 3.49. The van der Waals surface area contributed by atoms with Gasteiger partial charge in [-0.1, -0.05) is 13.8 Å². The number of hydrogen-bond donors (Lipinski definition) is 1. The van der Waals surface area contributed by atoms with Crippen molar-refractivity contribution >= 4 is 11.5 Å². The predicted molar refractivity (Wildman–Crippen MR) is 82.6 cm³/mol. The van der Waals surface area contributed by atoms with Gasteiger partial charge in [0.1, 0.15) is 11.9 Å². The molecule has 1 N–H and O–H groups in total. The molecule has 1 aliphatic rings. The Balaban J connectivity index is 2.04. The summed E-state index contributed by atoms with van der Waals surface area (Å²) in [5.41, 5.74) is 1.86. The van der Waals surface area contributed by atoms with E-state index in [1.54, 1.807) is 6.20 Å². The number of aromatic amines is 1. The Morgan fingerprint density at radius 1 is 1.39 bits per heavy atom. The molecule has 116 valence electrons. The number of hydrogen-bond acceptors (Lipinski definition) is 3. The first-order valence-electron chi connectivity index (χ1n) is 7.15. The lowest BCUT2D eigenvalue weighted by Crippen LogP contribution is -2.37. The van der Waals surface area contributed by atoms with Crippen molar-refractivity contribution in [2.45, 2.75) is 19.3 Å². The SMILES string of the molecule is CC1(C)CN(C(=O)c2ccc(F)cc2)C=C(C#N)c2cn[nH]c21. The van der Waals surface area contributed by atoms with Crippen molar-refractivity contribution in [3.05, 3.63) is 59.3 Å². The van der Waals surface area contributed by atoms with Gasteiger partial charge in [0, 0.05) is 29.3 Å². The van der Waals surface area contributed by atoms with E-state index in [2.05, 4.69) is 16.3 Å². The fourth-order valence-corrected chi connectivity index (χ4v) is 2.76. The van der Waals surface area contributed by atoms with Gasteiger partial charge in [-0.25, -0.2) is 4.39 Å². The molecule has 0 aliphatic carbocycles. The molecule has 5 nitrogen and oxygen atoms in total. The molecule has 1 amide bonds. The Morgan fingerprint density at radius 2 is 2.09 bits per heavy atom. The quantitative estimate of drug-likeness (QED) is 0.880. The molecule has 23 heavy (non-hydrogen) atoms. The van der Waals surface area contributed by atoms with Crippen molar-refractivity contribution < 1.29 is 9.18 Å². The van der Waals surface area contributed by atoms with Crippen molar-refractivity contribution in [1.29, 1.82) is 5.26 Å². The Labute approximate surface area is 133 Å². The normalized spacial score (nSPS) is 16.1. The lowest BCUT2D eigenvalue weighted by atomic mass is 9.86. The summed E-state index contributed by atoms with van der Waals surface area (Å²) in [5, 5.41) is 16.4. The zero-order valence-electron chi connectivity index (χ0n) is 12.8. The number of benzene rings is 1. The minimum atomic E-state index is -0.406. The van der Waals surface area contributed by atoms with Crippen LogP contribution >= 0.6 is 0 Å². The van der Waals surface area contributed by atoms with Gasteiger partial charge in [-0.15, -0.1) is 0 Å². The summed E-state index contributed by atoms with van der Waals surface area (Å²) in [5.74, 6) is -0.670. The highest BCUT2D eigenvalue weighted by Crippen LogP contribution is 2.33. The van der Waals surface area contributed by atoms with Crippen LogP contribution in [0.25, 0.3) is 5.57 Å². The Morgan fingerprint density at radius 3 is 2.74 bits per heavy atom. The lowest BCUT2D eigenvalue weighted by molar-refractivity contribution is 0.0800. The number of amides is 1. The summed E-state index contributed by atoms with van der Waals surface area (Å²) in [6.45, 7) is 4.33. The van der Waals surface area contributed by atoms with Crippen LogP contribution in [0.3, 0.4) is 0 Å². The highest BCUT2D eigenvalue weighted by Gasteiger charge is 2.34. The van der Waals surface area contributed by atoms with E-state index >= 15 is 0 Å². The van der Waals surface area contributed by atoms with Gasteiger partial charge in [0.2, 0.25) is 0 Å². The number of nitrogens with one attached hydrogen (secondary N) is 1. The molecule has 1 aliphatic heterocycles. The van der Waals surface area contributed by atoms with Gasteiger partial charge in [0.25, 0.3) is 5.91 Å². The number of aromatic nitrogens is 2. The third-order valence-corrected chi connectivity index (χ3v) is 3.93. The highest BCUT2D eigenvalue weighted by atomic mass is 19.1. The smallest absolute Gasteiger partial charge is 0.257 e. The third kappa shape index (κ3) is 2.61. The molecule has 0 saturated carbocycles. The van der Waals surface area contributed by atoms with Crippen LogP contribution in [0.15, 0.2) is 36.7 Å². The molecule has 0 radical (unpaired) electrons. The molecule has 0 bridgehead atoms. The molecule has 2 heterocycles. The molecular weight excluding hydrogens is 295 g/mol. The van der Waals surface area contributed by atoms with Gasteiger partial charge in [-0.05, 0) is 24.3 Å². The van der Waals surface area contributed by atoms with Gasteiger partial charge in [0.15, 0.2) is 0 Å². The molecule has 0 saturated heterocycles. The van der Waals surface area contributed by atoms with E-state index in [1.165, 1.54) is 35.4 Å². The number of allylic oxidation sites excluding steroid dienone is 1. The summed E-state index contributed by atoms with van der Waals surface area (Å²) in [7, 11) is 0. The topological polar surface area (TPSA) is 72.8 Å². The minimum Gasteiger partial charge on any atom is -0.313 e. The van der Waals surface area contributed by atoms with Crippen LogP contribution in [0.5, 0.6) is 0 Å². The van der Waals surface area contributed by atoms with Crippen molar-refractivity contribution in [2.24, 2.45) is 0 Å². The second-order valence-electron chi connectivity index (χ2n) is 6.14. The second kappa shape index (κ2) is 5.36. The van der Waals surface area contributed by atoms with Gasteiger partial charge < -0.3 is 4.90 Å². The van der Waals surface area contributed by atoms with Crippen LogP contribution in [0.4, 0.5) is 4.39 Å². The fourth-order valence-electron chi connectivity index (χ4n) is 2.76. The summed E-state index contributed by atoms with van der Waals surface area (Å²) in [6.07, 6.45) is 3.13. The van der Waals surface area contributed by atoms with Gasteiger partial charge >= 0.3 is 0 Å². The molecule has 0 unspecified atom stereocenters. The van der Waals surface area contributed by atoms with E-state index in [4.69, 9.17) is 0 Å². The van der Waals surface area contributed by atoms with Crippen molar-refractivity contribution in [3.63, 3.8) is 0 Å². The highest BCUT2D eigenvalue weighted by molar-refractivity contribution is 5.96. The zero-order chi connectivity index (χ0) is 16.6. The van der Waals surface area contributed by atoms with Crippen LogP contribution in [0.1, 0.15) is 35.5 Å². The Hall–Kier alpha value is -2.94. The first-order chi connectivity index (χ1) is 10.9. The first kappa shape index (κ1) is 15.0. The number of nitrogens with zero attached hydrogens (tertiary/aromatic N) is 3. The van der Waals surface area contributed by atoms with E-state index in [-0.39, 0.29) is 5.91 Å². The number of carbonyl (C=O) groups excluding carboxylic acids is 1. The fraction of sp³-hybridized carbons (Fsp3) is 0.235. The number of H-pyrrole nitrogens is 1. The summed E-state index contributed by atoms with van der Waals surface area (Å²) >= 11 is 0. The van der Waals surface area contributed by atoms with E-state index in [0.717, 1.165) is 5.69 Å². The van der Waals surface area contributed by atoms with Gasteiger partial charge in [0.05, 0.1) is 17.5 Å². The van der Waals surface area contributed by atoms with Crippen LogP contribution < -0.4 is 0 Å². The monoisotopic (exact) mass is 310 g/mol. The van der Waals surface area contributed by atoms with E-state index in [1.807, 2.05) is 13.8 Å². The number of carbonyl (C=O) groups is 1. The minimum absolute atomic E-state index is 0.274. The molecule has 2 aromatic rings. The van der Waals surface area contributed by atoms with Crippen molar-refractivity contribution in [3.8, 4) is 6.07 Å². The zero-order valence-corrected chi connectivity index (χ0v) is 12.8. The predicted octanol–water partition coefficient (Wildman–Crippen LogP) is 2.85. The summed E-state index contributed by atoms with van der Waals surface area (Å²) in [6, 6.07) is 7.49. The standard InChI is InChI=1S/C17H15FN4O/c1-17(2)10-22(16(23)11-3-5-13(18)6-4-11)9-12(7-19)14-8-20-21-15(14)17/h3-6,8-9H,10H2,1-2H3,(H,20,21). The number of nitriles is 1. The van der Waals surface area contributed by atoms with Crippen LogP contribution in [0.2, 0.25) is 0 Å². The average Bonchev–Trinajstić information content (AvgIpc) is 2.98. The van der Waals surface area contributed by atoms with E-state index in [0.29, 0.717) is 23.2 Å². The third-order valence-electron chi connectivity index (χ3n) is 3.93. The molecule has 1 aromatic heterocycles. The van der Waals surface area contributed by atoms with Crippen LogP contribution in [-0.4, -0.2) is 27.5 Å². The molecule has 0 fully saturated rings. The van der Waals surface area contributed by atoms with Crippen molar-refractivity contribution in [2.75, 3.05) is 6.54 Å².